The van der Waals surface area contributed by atoms with Crippen LogP contribution in [0.15, 0.2) is 30.3 Å². The number of aliphatic hydroxyl groups is 1. The number of hydrogen-bond donors (Lipinski definition) is 2. The minimum absolute atomic E-state index is 0.0377. The van der Waals surface area contributed by atoms with Crippen LogP contribution >= 0.6 is 0 Å². The molecule has 0 radical (unpaired) electrons. The highest BCUT2D eigenvalue weighted by atomic mass is 16.3. The van der Waals surface area contributed by atoms with Crippen molar-refractivity contribution in [3.63, 3.8) is 0 Å². The average Bonchev–Trinajstić information content (AvgIpc) is 2.58. The molecule has 2 N–H and O–H groups in total. The highest BCUT2D eigenvalue weighted by Gasteiger charge is 2.38. The Bertz CT molecular complexity index is 445. The first kappa shape index (κ1) is 12.6. The van der Waals surface area contributed by atoms with Crippen molar-refractivity contribution in [2.75, 3.05) is 6.54 Å². The van der Waals surface area contributed by atoms with Crippen LogP contribution in [0.3, 0.4) is 0 Å². The van der Waals surface area contributed by atoms with Crippen molar-refractivity contribution < 1.29 is 14.7 Å². The van der Waals surface area contributed by atoms with Gasteiger partial charge >= 0.3 is 6.03 Å². The number of β-amino-alcohol motifs (C(OH)–C–C–N with tert-alkyl or cyclic N) is 1. The smallest absolute Gasteiger partial charge is 0.324 e. The second kappa shape index (κ2) is 5.18. The Morgan fingerprint density at radius 1 is 1.33 bits per heavy atom. The lowest BCUT2D eigenvalue weighted by atomic mass is 10.1. The first-order valence-electron chi connectivity index (χ1n) is 5.92. The van der Waals surface area contributed by atoms with E-state index in [4.69, 9.17) is 0 Å². The molecule has 2 rings (SSSR count). The number of hydrogen-bond acceptors (Lipinski definition) is 3. The van der Waals surface area contributed by atoms with E-state index in [0.717, 1.165) is 10.5 Å². The van der Waals surface area contributed by atoms with E-state index in [2.05, 4.69) is 5.32 Å². The number of benzene rings is 1. The second-order valence-corrected chi connectivity index (χ2v) is 4.49. The normalized spacial score (nSPS) is 21.0. The summed E-state index contributed by atoms with van der Waals surface area (Å²) in [5.74, 6) is -0.273. The Morgan fingerprint density at radius 3 is 2.61 bits per heavy atom. The van der Waals surface area contributed by atoms with E-state index in [-0.39, 0.29) is 12.5 Å². The summed E-state index contributed by atoms with van der Waals surface area (Å²) in [6, 6.07) is 8.56. The maximum Gasteiger partial charge on any atom is 0.324 e. The standard InChI is InChI=1S/C13H16N2O3/c1-9(16)8-15-12(17)11(14-13(15)18)7-10-5-3-2-4-6-10/h2-6,9,11,16H,7-8H2,1H3,(H,14,18)/t9?,11-/m0/s1. The van der Waals surface area contributed by atoms with E-state index < -0.39 is 18.2 Å². The third-order valence-electron chi connectivity index (χ3n) is 2.84. The van der Waals surface area contributed by atoms with Crippen LogP contribution in [-0.2, 0) is 11.2 Å². The van der Waals surface area contributed by atoms with Crippen molar-refractivity contribution in [2.45, 2.75) is 25.5 Å². The Balaban J connectivity index is 2.04. The topological polar surface area (TPSA) is 69.6 Å². The van der Waals surface area contributed by atoms with Gasteiger partial charge < -0.3 is 10.4 Å². The molecule has 1 heterocycles. The zero-order valence-corrected chi connectivity index (χ0v) is 10.2. The summed E-state index contributed by atoms with van der Waals surface area (Å²) in [5.41, 5.74) is 0.995. The van der Waals surface area contributed by atoms with Gasteiger partial charge in [0, 0.05) is 6.42 Å². The summed E-state index contributed by atoms with van der Waals surface area (Å²) < 4.78 is 0. The first-order chi connectivity index (χ1) is 8.58. The molecule has 1 fully saturated rings. The van der Waals surface area contributed by atoms with Crippen molar-refractivity contribution in [1.29, 1.82) is 0 Å². The minimum atomic E-state index is -0.713. The molecule has 1 aromatic rings. The number of carbonyl (C=O) groups excluding carboxylic acids is 2. The van der Waals surface area contributed by atoms with Gasteiger partial charge in [0.1, 0.15) is 6.04 Å². The fourth-order valence-corrected chi connectivity index (χ4v) is 2.00. The molecule has 0 bridgehead atoms. The zero-order chi connectivity index (χ0) is 13.1. The Morgan fingerprint density at radius 2 is 2.00 bits per heavy atom. The van der Waals surface area contributed by atoms with Crippen molar-refractivity contribution in [3.05, 3.63) is 35.9 Å². The van der Waals surface area contributed by atoms with E-state index in [1.54, 1.807) is 6.92 Å². The molecular formula is C13H16N2O3. The largest absolute Gasteiger partial charge is 0.392 e. The molecule has 5 heteroatoms. The van der Waals surface area contributed by atoms with E-state index in [1.807, 2.05) is 30.3 Å². The molecule has 0 saturated carbocycles. The van der Waals surface area contributed by atoms with Crippen LogP contribution in [0.2, 0.25) is 0 Å². The molecule has 0 aromatic heterocycles. The first-order valence-corrected chi connectivity index (χ1v) is 5.92. The minimum Gasteiger partial charge on any atom is -0.392 e. The molecule has 18 heavy (non-hydrogen) atoms. The van der Waals surface area contributed by atoms with Crippen molar-refractivity contribution in [3.8, 4) is 0 Å². The molecule has 2 atom stereocenters. The number of urea groups is 1. The lowest BCUT2D eigenvalue weighted by molar-refractivity contribution is -0.128. The summed E-state index contributed by atoms with van der Waals surface area (Å²) in [5, 5.41) is 11.9. The van der Waals surface area contributed by atoms with Crippen molar-refractivity contribution in [1.82, 2.24) is 10.2 Å². The predicted octanol–water partition coefficient (Wildman–Crippen LogP) is 0.530. The summed E-state index contributed by atoms with van der Waals surface area (Å²) in [7, 11) is 0. The molecule has 1 aromatic carbocycles. The monoisotopic (exact) mass is 248 g/mol. The number of nitrogens with one attached hydrogen (secondary N) is 1. The average molecular weight is 248 g/mol. The zero-order valence-electron chi connectivity index (χ0n) is 10.2. The van der Waals surface area contributed by atoms with Gasteiger partial charge in [0.25, 0.3) is 5.91 Å². The fourth-order valence-electron chi connectivity index (χ4n) is 2.00. The predicted molar refractivity (Wildman–Crippen MR) is 65.9 cm³/mol. The molecule has 0 aliphatic carbocycles. The van der Waals surface area contributed by atoms with Gasteiger partial charge in [-0.15, -0.1) is 0 Å². The lowest BCUT2D eigenvalue weighted by Gasteiger charge is -2.14. The number of nitrogens with zero attached hydrogens (tertiary/aromatic N) is 1. The summed E-state index contributed by atoms with van der Waals surface area (Å²) >= 11 is 0. The van der Waals surface area contributed by atoms with Gasteiger partial charge in [0.05, 0.1) is 12.6 Å². The molecule has 0 spiro atoms. The quantitative estimate of drug-likeness (QED) is 0.764. The summed E-state index contributed by atoms with van der Waals surface area (Å²) in [4.78, 5) is 24.7. The molecule has 5 nitrogen and oxygen atoms in total. The summed E-state index contributed by atoms with van der Waals surface area (Å²) in [6.45, 7) is 1.58. The number of amides is 3. The van der Waals surface area contributed by atoms with Crippen LogP contribution in [0.1, 0.15) is 12.5 Å². The SMILES string of the molecule is CC(O)CN1C(=O)N[C@@H](Cc2ccccc2)C1=O. The van der Waals surface area contributed by atoms with Gasteiger partial charge in [0.2, 0.25) is 0 Å². The molecular weight excluding hydrogens is 232 g/mol. The van der Waals surface area contributed by atoms with Gasteiger partial charge in [-0.3, -0.25) is 9.69 Å². The van der Waals surface area contributed by atoms with E-state index in [0.29, 0.717) is 6.42 Å². The maximum absolute atomic E-state index is 12.0. The van der Waals surface area contributed by atoms with Crippen LogP contribution in [0.5, 0.6) is 0 Å². The van der Waals surface area contributed by atoms with Crippen molar-refractivity contribution >= 4 is 11.9 Å². The summed E-state index contributed by atoms with van der Waals surface area (Å²) in [6.07, 6.45) is -0.239. The van der Waals surface area contributed by atoms with Crippen LogP contribution in [0.4, 0.5) is 4.79 Å². The number of imide groups is 1. The molecule has 1 aliphatic heterocycles. The van der Waals surface area contributed by atoms with Crippen LogP contribution in [0, 0.1) is 0 Å². The van der Waals surface area contributed by atoms with E-state index >= 15 is 0 Å². The van der Waals surface area contributed by atoms with Crippen LogP contribution < -0.4 is 5.32 Å². The maximum atomic E-state index is 12.0. The Labute approximate surface area is 105 Å². The Kier molecular flexibility index (Phi) is 3.62. The third-order valence-corrected chi connectivity index (χ3v) is 2.84. The van der Waals surface area contributed by atoms with Crippen molar-refractivity contribution in [2.24, 2.45) is 0 Å². The highest BCUT2D eigenvalue weighted by Crippen LogP contribution is 2.12. The van der Waals surface area contributed by atoms with Crippen LogP contribution in [-0.4, -0.2) is 40.6 Å². The van der Waals surface area contributed by atoms with Gasteiger partial charge in [-0.2, -0.15) is 0 Å². The Hall–Kier alpha value is -1.88. The molecule has 3 amide bonds. The second-order valence-electron chi connectivity index (χ2n) is 4.49. The molecule has 1 saturated heterocycles. The third kappa shape index (κ3) is 2.68. The van der Waals surface area contributed by atoms with Gasteiger partial charge in [-0.1, -0.05) is 30.3 Å². The molecule has 1 aliphatic rings. The van der Waals surface area contributed by atoms with Crippen LogP contribution in [0.25, 0.3) is 0 Å². The molecule has 96 valence electrons. The number of carbonyl (C=O) groups is 2. The van der Waals surface area contributed by atoms with Gasteiger partial charge in [-0.25, -0.2) is 4.79 Å². The number of aliphatic hydroxyl groups excluding tert-OH is 1. The molecule has 1 unspecified atom stereocenters. The lowest BCUT2D eigenvalue weighted by Crippen LogP contribution is -2.37. The highest BCUT2D eigenvalue weighted by molar-refractivity contribution is 6.04. The van der Waals surface area contributed by atoms with Gasteiger partial charge in [-0.05, 0) is 12.5 Å². The number of rotatable bonds is 4. The fraction of sp³-hybridized carbons (Fsp3) is 0.385. The van der Waals surface area contributed by atoms with E-state index in [1.165, 1.54) is 0 Å². The van der Waals surface area contributed by atoms with E-state index in [9.17, 15) is 14.7 Å². The van der Waals surface area contributed by atoms with Gasteiger partial charge in [0.15, 0.2) is 0 Å².